The fraction of sp³-hybridized carbons (Fsp3) is 0.346. The van der Waals surface area contributed by atoms with Crippen molar-refractivity contribution in [2.24, 2.45) is 10.9 Å². The Morgan fingerprint density at radius 2 is 2.16 bits per heavy atom. The Labute approximate surface area is 242 Å². The predicted octanol–water partition coefficient (Wildman–Crippen LogP) is 4.27. The first-order chi connectivity index (χ1) is 18.5. The molecule has 1 aliphatic carbocycles. The summed E-state index contributed by atoms with van der Waals surface area (Å²) in [4.78, 5) is 24.0. The number of ether oxygens (including phenoxy) is 1. The number of aromatic nitrogens is 3. The second-order valence-corrected chi connectivity index (χ2v) is 11.7. The number of alkyl halides is 1. The number of halogens is 2. The quantitative estimate of drug-likeness (QED) is 0.207. The van der Waals surface area contributed by atoms with Crippen LogP contribution in [0.5, 0.6) is 5.75 Å². The van der Waals surface area contributed by atoms with Crippen molar-refractivity contribution < 1.29 is 13.7 Å². The van der Waals surface area contributed by atoms with E-state index >= 15 is 0 Å². The summed E-state index contributed by atoms with van der Waals surface area (Å²) in [5.41, 5.74) is 2.53. The molecule has 38 heavy (non-hydrogen) atoms. The molecule has 9 nitrogen and oxygen atoms in total. The molecule has 198 valence electrons. The van der Waals surface area contributed by atoms with Gasteiger partial charge in [0.05, 0.1) is 51.0 Å². The van der Waals surface area contributed by atoms with Crippen LogP contribution in [0.15, 0.2) is 53.8 Å². The number of carbonyl (C=O) groups excluding carboxylic acids is 1. The number of aliphatic imine (C=N–C) groups is 1. The van der Waals surface area contributed by atoms with E-state index in [-0.39, 0.29) is 12.5 Å². The number of hydrogen-bond acceptors (Lipinski definition) is 8. The first-order valence-corrected chi connectivity index (χ1v) is 15.4. The van der Waals surface area contributed by atoms with Gasteiger partial charge in [-0.2, -0.15) is 10.2 Å². The lowest BCUT2D eigenvalue weighted by Crippen LogP contribution is -2.42. The zero-order valence-electron chi connectivity index (χ0n) is 20.5. The second-order valence-electron chi connectivity index (χ2n) is 9.04. The van der Waals surface area contributed by atoms with Crippen LogP contribution in [-0.4, -0.2) is 60.3 Å². The molecule has 0 spiro atoms. The fourth-order valence-corrected chi connectivity index (χ4v) is 6.04. The Balaban J connectivity index is 1.26. The Bertz CT molecular complexity index is 1390. The monoisotopic (exact) mass is 664 g/mol. The third kappa shape index (κ3) is 6.67. The Morgan fingerprint density at radius 1 is 1.29 bits per heavy atom. The van der Waals surface area contributed by atoms with Crippen LogP contribution in [0.2, 0.25) is 5.02 Å². The maximum atomic E-state index is 13.0. The number of hydrogen-bond donors (Lipinski definition) is 1. The molecule has 1 atom stereocenters. The van der Waals surface area contributed by atoms with E-state index in [1.165, 1.54) is 19.0 Å². The van der Waals surface area contributed by atoms with Gasteiger partial charge in [0.1, 0.15) is 16.6 Å². The molecule has 1 N–H and O–H groups in total. The molecule has 2 aliphatic rings. The largest absolute Gasteiger partial charge is 0.492 e. The lowest BCUT2D eigenvalue weighted by atomic mass is 10.1. The molecule has 1 saturated carbocycles. The van der Waals surface area contributed by atoms with Crippen molar-refractivity contribution >= 4 is 61.8 Å². The van der Waals surface area contributed by atoms with Gasteiger partial charge >= 0.3 is 0 Å². The molecule has 12 heteroatoms. The lowest BCUT2D eigenvalue weighted by Gasteiger charge is -2.29. The van der Waals surface area contributed by atoms with Gasteiger partial charge in [0, 0.05) is 36.2 Å². The minimum absolute atomic E-state index is 0.275. The normalized spacial score (nSPS) is 18.4. The Kier molecular flexibility index (Phi) is 8.85. The van der Waals surface area contributed by atoms with Crippen LogP contribution in [0.4, 0.5) is 5.82 Å². The average molecular weight is 665 g/mol. The molecule has 0 bridgehead atoms. The predicted molar refractivity (Wildman–Crippen MR) is 158 cm³/mol. The number of amides is 1. The topological polar surface area (TPSA) is 110 Å². The van der Waals surface area contributed by atoms with Gasteiger partial charge < -0.3 is 15.0 Å². The van der Waals surface area contributed by atoms with Crippen molar-refractivity contribution in [1.82, 2.24) is 20.5 Å². The smallest absolute Gasteiger partial charge is 0.253 e. The highest BCUT2D eigenvalue weighted by atomic mass is 127. The van der Waals surface area contributed by atoms with Crippen molar-refractivity contribution in [2.45, 2.75) is 19.4 Å². The minimum atomic E-state index is -1.06. The molecule has 2 fully saturated rings. The van der Waals surface area contributed by atoms with Crippen molar-refractivity contribution in [3.63, 3.8) is 0 Å². The highest BCUT2D eigenvalue weighted by molar-refractivity contribution is 14.1. The van der Waals surface area contributed by atoms with Gasteiger partial charge in [0.2, 0.25) is 0 Å². The highest BCUT2D eigenvalue weighted by Gasteiger charge is 2.25. The highest BCUT2D eigenvalue weighted by Crippen LogP contribution is 2.33. The number of pyridine rings is 1. The van der Waals surface area contributed by atoms with Crippen LogP contribution < -0.4 is 15.0 Å². The number of rotatable bonds is 9. The molecule has 5 rings (SSSR count). The third-order valence-electron chi connectivity index (χ3n) is 6.29. The van der Waals surface area contributed by atoms with Crippen LogP contribution in [0.25, 0.3) is 11.3 Å². The van der Waals surface area contributed by atoms with Gasteiger partial charge in [-0.15, -0.1) is 0 Å². The Hall–Kier alpha value is -2.64. The van der Waals surface area contributed by atoms with Crippen molar-refractivity contribution in [3.8, 4) is 17.0 Å². The molecule has 0 radical (unpaired) electrons. The molecule has 3 heterocycles. The van der Waals surface area contributed by atoms with Gasteiger partial charge in [0.15, 0.2) is 0 Å². The molecule has 1 aromatic carbocycles. The van der Waals surface area contributed by atoms with E-state index in [0.717, 1.165) is 16.9 Å². The summed E-state index contributed by atoms with van der Waals surface area (Å²) in [5.74, 6) is 2.24. The molecule has 1 amide bonds. The van der Waals surface area contributed by atoms with Gasteiger partial charge in [-0.1, -0.05) is 40.3 Å². The van der Waals surface area contributed by atoms with Gasteiger partial charge in [-0.25, -0.2) is 4.98 Å². The molecule has 1 saturated heterocycles. The summed E-state index contributed by atoms with van der Waals surface area (Å²) >= 11 is 8.57. The van der Waals surface area contributed by atoms with E-state index in [1.807, 2.05) is 24.3 Å². The van der Waals surface area contributed by atoms with Crippen LogP contribution in [-0.2, 0) is 17.3 Å². The van der Waals surface area contributed by atoms with Gasteiger partial charge in [-0.05, 0) is 49.1 Å². The third-order valence-corrected chi connectivity index (χ3v) is 8.27. The molecular weight excluding hydrogens is 639 g/mol. The number of anilines is 1. The lowest BCUT2D eigenvalue weighted by molar-refractivity contribution is 0.0950. The SMILES string of the molecule is O=C(NCc1cccnc1N1CCS(=O)C(=NCI)C1)c1cnnc(-c2ccc(OCC3CC3)c(Cl)c2)c1. The Morgan fingerprint density at radius 3 is 2.95 bits per heavy atom. The van der Waals surface area contributed by atoms with Crippen molar-refractivity contribution in [2.75, 3.05) is 34.9 Å². The van der Waals surface area contributed by atoms with Crippen LogP contribution in [0.1, 0.15) is 28.8 Å². The zero-order chi connectivity index (χ0) is 26.5. The summed E-state index contributed by atoms with van der Waals surface area (Å²) in [6.45, 7) is 2.02. The molecule has 1 unspecified atom stereocenters. The first kappa shape index (κ1) is 26.9. The van der Waals surface area contributed by atoms with E-state index in [1.54, 1.807) is 18.3 Å². The minimum Gasteiger partial charge on any atom is -0.492 e. The average Bonchev–Trinajstić information content (AvgIpc) is 3.77. The van der Waals surface area contributed by atoms with Crippen LogP contribution in [0.3, 0.4) is 0 Å². The van der Waals surface area contributed by atoms with Gasteiger partial charge in [-0.3, -0.25) is 14.0 Å². The summed E-state index contributed by atoms with van der Waals surface area (Å²) in [7, 11) is -1.06. The van der Waals surface area contributed by atoms with E-state index in [4.69, 9.17) is 16.3 Å². The summed E-state index contributed by atoms with van der Waals surface area (Å²) < 4.78 is 18.6. The second kappa shape index (κ2) is 12.5. The maximum Gasteiger partial charge on any atom is 0.253 e. The molecule has 2 aromatic heterocycles. The standard InChI is InChI=1S/C26H26ClIN6O3S/c27-21-10-18(5-6-23(21)37-15-17-3-4-17)22-11-20(13-32-33-22)26(35)30-12-19-2-1-7-29-25(19)34-8-9-38(36)24(14-34)31-16-28/h1-2,5-7,10-11,13,17H,3-4,8-9,12,14-16H2,(H,30,35). The number of carbonyl (C=O) groups is 1. The molecular formula is C26H26ClIN6O3S. The molecule has 1 aliphatic heterocycles. The number of nitrogens with zero attached hydrogens (tertiary/aromatic N) is 5. The number of nitrogens with one attached hydrogen (secondary N) is 1. The molecule has 3 aromatic rings. The maximum absolute atomic E-state index is 13.0. The van der Waals surface area contributed by atoms with Crippen LogP contribution in [0, 0.1) is 5.92 Å². The van der Waals surface area contributed by atoms with Crippen LogP contribution >= 0.6 is 34.2 Å². The van der Waals surface area contributed by atoms with Crippen molar-refractivity contribution in [1.29, 1.82) is 0 Å². The van der Waals surface area contributed by atoms with E-state index in [0.29, 0.717) is 63.0 Å². The summed E-state index contributed by atoms with van der Waals surface area (Å²) in [5, 5.41) is 12.3. The number of benzene rings is 1. The first-order valence-electron chi connectivity index (χ1n) is 12.2. The fourth-order valence-electron chi connectivity index (χ4n) is 4.03. The van der Waals surface area contributed by atoms with E-state index in [2.05, 4.69) is 53.0 Å². The van der Waals surface area contributed by atoms with Gasteiger partial charge in [0.25, 0.3) is 5.91 Å². The van der Waals surface area contributed by atoms with E-state index in [9.17, 15) is 9.00 Å². The van der Waals surface area contributed by atoms with E-state index < -0.39 is 10.8 Å². The zero-order valence-corrected chi connectivity index (χ0v) is 24.2. The van der Waals surface area contributed by atoms with Crippen molar-refractivity contribution in [3.05, 3.63) is 64.9 Å². The summed E-state index contributed by atoms with van der Waals surface area (Å²) in [6.07, 6.45) is 5.56. The summed E-state index contributed by atoms with van der Waals surface area (Å²) in [6, 6.07) is 10.9.